The minimum absolute atomic E-state index is 0.321. The smallest absolute Gasteiger partial charge is 0.328 e. The van der Waals surface area contributed by atoms with Crippen LogP contribution in [0.5, 0.6) is 0 Å². The molecule has 0 rings (SSSR count). The summed E-state index contributed by atoms with van der Waals surface area (Å²) < 4.78 is 0. The van der Waals surface area contributed by atoms with Gasteiger partial charge in [-0.3, -0.25) is 5.43 Å². The fourth-order valence-corrected chi connectivity index (χ4v) is 0.911. The SMILES string of the molecule is CSC(C)CCNC(=O)NN. The third-order valence-corrected chi connectivity index (χ3v) is 2.41. The van der Waals surface area contributed by atoms with Crippen molar-refractivity contribution < 1.29 is 4.79 Å². The molecular weight excluding hydrogens is 162 g/mol. The maximum absolute atomic E-state index is 10.5. The Labute approximate surface area is 71.3 Å². The number of urea groups is 1. The molecule has 4 N–H and O–H groups in total. The minimum atomic E-state index is -0.321. The average molecular weight is 177 g/mol. The maximum Gasteiger partial charge on any atom is 0.328 e. The van der Waals surface area contributed by atoms with Gasteiger partial charge in [-0.05, 0) is 12.7 Å². The molecule has 66 valence electrons. The number of hydrazine groups is 1. The number of thioether (sulfide) groups is 1. The Hall–Kier alpha value is -0.420. The number of rotatable bonds is 4. The van der Waals surface area contributed by atoms with Crippen molar-refractivity contribution in [3.05, 3.63) is 0 Å². The van der Waals surface area contributed by atoms with Crippen molar-refractivity contribution in [3.8, 4) is 0 Å². The minimum Gasteiger partial charge on any atom is -0.337 e. The molecule has 5 heteroatoms. The highest BCUT2D eigenvalue weighted by atomic mass is 32.2. The number of nitrogens with two attached hydrogens (primary N) is 1. The molecule has 0 bridgehead atoms. The first kappa shape index (κ1) is 10.6. The second kappa shape index (κ2) is 6.30. The molecule has 4 nitrogen and oxygen atoms in total. The first-order valence-electron chi connectivity index (χ1n) is 3.48. The van der Waals surface area contributed by atoms with Crippen LogP contribution in [-0.4, -0.2) is 24.1 Å². The molecule has 0 saturated heterocycles. The van der Waals surface area contributed by atoms with E-state index < -0.39 is 0 Å². The largest absolute Gasteiger partial charge is 0.337 e. The van der Waals surface area contributed by atoms with Crippen molar-refractivity contribution in [2.75, 3.05) is 12.8 Å². The van der Waals surface area contributed by atoms with Crippen molar-refractivity contribution in [2.24, 2.45) is 5.84 Å². The molecule has 0 fully saturated rings. The first-order valence-corrected chi connectivity index (χ1v) is 4.76. The van der Waals surface area contributed by atoms with Gasteiger partial charge in [-0.15, -0.1) is 0 Å². The molecule has 2 amide bonds. The Morgan fingerprint density at radius 2 is 2.36 bits per heavy atom. The molecule has 0 aliphatic heterocycles. The van der Waals surface area contributed by atoms with E-state index in [0.717, 1.165) is 6.42 Å². The lowest BCUT2D eigenvalue weighted by molar-refractivity contribution is 0.241. The molecular formula is C6H15N3OS. The van der Waals surface area contributed by atoms with Crippen molar-refractivity contribution in [1.82, 2.24) is 10.7 Å². The summed E-state index contributed by atoms with van der Waals surface area (Å²) in [6.45, 7) is 2.79. The van der Waals surface area contributed by atoms with Gasteiger partial charge in [-0.2, -0.15) is 11.8 Å². The standard InChI is InChI=1S/C6H15N3OS/c1-5(11-2)3-4-8-6(10)9-7/h5H,3-4,7H2,1-2H3,(H2,8,9,10). The van der Waals surface area contributed by atoms with Crippen molar-refractivity contribution in [3.63, 3.8) is 0 Å². The van der Waals surface area contributed by atoms with Gasteiger partial charge < -0.3 is 5.32 Å². The predicted octanol–water partition coefficient (Wildman–Crippen LogP) is 0.301. The van der Waals surface area contributed by atoms with Crippen molar-refractivity contribution in [2.45, 2.75) is 18.6 Å². The van der Waals surface area contributed by atoms with Crippen LogP contribution in [0.4, 0.5) is 4.79 Å². The van der Waals surface area contributed by atoms with E-state index >= 15 is 0 Å². The van der Waals surface area contributed by atoms with Gasteiger partial charge in [0.1, 0.15) is 0 Å². The summed E-state index contributed by atoms with van der Waals surface area (Å²) in [6.07, 6.45) is 3.02. The highest BCUT2D eigenvalue weighted by Crippen LogP contribution is 2.07. The fraction of sp³-hybridized carbons (Fsp3) is 0.833. The first-order chi connectivity index (χ1) is 5.20. The summed E-state index contributed by atoms with van der Waals surface area (Å²) >= 11 is 1.78. The van der Waals surface area contributed by atoms with E-state index in [4.69, 9.17) is 5.84 Å². The van der Waals surface area contributed by atoms with E-state index in [9.17, 15) is 4.79 Å². The number of nitrogens with one attached hydrogen (secondary N) is 2. The zero-order valence-electron chi connectivity index (χ0n) is 6.89. The second-order valence-corrected chi connectivity index (χ2v) is 3.51. The van der Waals surface area contributed by atoms with Crippen LogP contribution in [-0.2, 0) is 0 Å². The van der Waals surface area contributed by atoms with E-state index in [1.54, 1.807) is 11.8 Å². The molecule has 1 atom stereocenters. The van der Waals surface area contributed by atoms with Crippen molar-refractivity contribution >= 4 is 17.8 Å². The zero-order valence-corrected chi connectivity index (χ0v) is 7.70. The second-order valence-electron chi connectivity index (χ2n) is 2.24. The van der Waals surface area contributed by atoms with Crippen LogP contribution < -0.4 is 16.6 Å². The topological polar surface area (TPSA) is 67.2 Å². The fourth-order valence-electron chi connectivity index (χ4n) is 0.558. The van der Waals surface area contributed by atoms with Gasteiger partial charge in [-0.1, -0.05) is 6.92 Å². The molecule has 0 heterocycles. The van der Waals surface area contributed by atoms with E-state index in [2.05, 4.69) is 12.2 Å². The van der Waals surface area contributed by atoms with Gasteiger partial charge in [0.05, 0.1) is 0 Å². The third-order valence-electron chi connectivity index (χ3n) is 1.37. The molecule has 1 unspecified atom stereocenters. The Bertz CT molecular complexity index is 120. The van der Waals surface area contributed by atoms with Crippen LogP contribution in [0.1, 0.15) is 13.3 Å². The molecule has 0 aliphatic rings. The molecule has 11 heavy (non-hydrogen) atoms. The number of amides is 2. The monoisotopic (exact) mass is 177 g/mol. The molecule has 0 saturated carbocycles. The van der Waals surface area contributed by atoms with Gasteiger partial charge in [0.15, 0.2) is 0 Å². The Morgan fingerprint density at radius 3 is 2.82 bits per heavy atom. The Balaban J connectivity index is 3.20. The summed E-state index contributed by atoms with van der Waals surface area (Å²) in [5, 5.41) is 3.19. The lowest BCUT2D eigenvalue weighted by Crippen LogP contribution is -2.40. The number of carbonyl (C=O) groups excluding carboxylic acids is 1. The van der Waals surface area contributed by atoms with Gasteiger partial charge >= 0.3 is 6.03 Å². The molecule has 0 aromatic carbocycles. The molecule has 0 radical (unpaired) electrons. The van der Waals surface area contributed by atoms with Gasteiger partial charge in [-0.25, -0.2) is 10.6 Å². The normalized spacial score (nSPS) is 12.3. The average Bonchev–Trinajstić information content (AvgIpc) is 2.04. The third kappa shape index (κ3) is 6.00. The van der Waals surface area contributed by atoms with E-state index in [-0.39, 0.29) is 6.03 Å². The zero-order chi connectivity index (χ0) is 8.69. The molecule has 0 aromatic heterocycles. The van der Waals surface area contributed by atoms with Gasteiger partial charge in [0, 0.05) is 11.8 Å². The number of hydrogen-bond acceptors (Lipinski definition) is 3. The summed E-state index contributed by atoms with van der Waals surface area (Å²) in [7, 11) is 0. The van der Waals surface area contributed by atoms with Crippen LogP contribution in [0.25, 0.3) is 0 Å². The van der Waals surface area contributed by atoms with E-state index in [0.29, 0.717) is 11.8 Å². The Morgan fingerprint density at radius 1 is 1.73 bits per heavy atom. The van der Waals surface area contributed by atoms with Gasteiger partial charge in [0.2, 0.25) is 0 Å². The highest BCUT2D eigenvalue weighted by molar-refractivity contribution is 7.99. The number of carbonyl (C=O) groups is 1. The molecule has 0 aromatic rings. The van der Waals surface area contributed by atoms with E-state index in [1.165, 1.54) is 0 Å². The quantitative estimate of drug-likeness (QED) is 0.329. The number of hydrogen-bond donors (Lipinski definition) is 3. The molecule has 0 spiro atoms. The predicted molar refractivity (Wildman–Crippen MR) is 48.3 cm³/mol. The summed E-state index contributed by atoms with van der Waals surface area (Å²) in [5.74, 6) is 4.85. The summed E-state index contributed by atoms with van der Waals surface area (Å²) in [6, 6.07) is -0.321. The lowest BCUT2D eigenvalue weighted by Gasteiger charge is -2.07. The maximum atomic E-state index is 10.5. The van der Waals surface area contributed by atoms with Crippen LogP contribution in [0.3, 0.4) is 0 Å². The molecule has 0 aliphatic carbocycles. The lowest BCUT2D eigenvalue weighted by atomic mass is 10.3. The summed E-state index contributed by atoms with van der Waals surface area (Å²) in [5.41, 5.74) is 2.00. The van der Waals surface area contributed by atoms with Crippen molar-refractivity contribution in [1.29, 1.82) is 0 Å². The van der Waals surface area contributed by atoms with Crippen LogP contribution in [0, 0.1) is 0 Å². The highest BCUT2D eigenvalue weighted by Gasteiger charge is 1.99. The Kier molecular flexibility index (Phi) is 6.06. The van der Waals surface area contributed by atoms with Crippen LogP contribution >= 0.6 is 11.8 Å². The summed E-state index contributed by atoms with van der Waals surface area (Å²) in [4.78, 5) is 10.5. The van der Waals surface area contributed by atoms with E-state index in [1.807, 2.05) is 11.7 Å². The van der Waals surface area contributed by atoms with Crippen LogP contribution in [0.15, 0.2) is 0 Å². The van der Waals surface area contributed by atoms with Crippen LogP contribution in [0.2, 0.25) is 0 Å². The van der Waals surface area contributed by atoms with Gasteiger partial charge in [0.25, 0.3) is 0 Å².